The molecule has 1 aliphatic carbocycles. The van der Waals surface area contributed by atoms with E-state index in [-0.39, 0.29) is 5.91 Å². The molecule has 1 amide bonds. The van der Waals surface area contributed by atoms with Crippen LogP contribution in [0.2, 0.25) is 0 Å². The third kappa shape index (κ3) is 2.81. The van der Waals surface area contributed by atoms with Crippen LogP contribution in [-0.4, -0.2) is 21.6 Å². The number of aromatic nitrogens is 1. The Balaban J connectivity index is 1.81. The maximum absolute atomic E-state index is 12.4. The van der Waals surface area contributed by atoms with Gasteiger partial charge in [0.05, 0.1) is 0 Å². The van der Waals surface area contributed by atoms with Crippen LogP contribution in [0.15, 0.2) is 48.7 Å². The molecule has 0 spiro atoms. The topological polar surface area (TPSA) is 71.3 Å². The molecular weight excluding hydrogens is 268 g/mol. The number of hydrogen-bond acceptors (Lipinski definition) is 2. The number of nitrogens with one attached hydrogen (secondary N) is 1. The molecule has 5 nitrogen and oxygen atoms in total. The molecule has 2 N–H and O–H groups in total. The number of rotatable bonds is 5. The zero-order valence-electron chi connectivity index (χ0n) is 11.4. The third-order valence-electron chi connectivity index (χ3n) is 3.61. The van der Waals surface area contributed by atoms with Crippen LogP contribution >= 0.6 is 0 Å². The van der Waals surface area contributed by atoms with Gasteiger partial charge in [-0.25, -0.2) is 4.79 Å². The van der Waals surface area contributed by atoms with E-state index in [2.05, 4.69) is 5.32 Å². The van der Waals surface area contributed by atoms with Gasteiger partial charge in [-0.1, -0.05) is 30.3 Å². The summed E-state index contributed by atoms with van der Waals surface area (Å²) < 4.78 is 1.92. The van der Waals surface area contributed by atoms with E-state index in [0.717, 1.165) is 12.8 Å². The highest BCUT2D eigenvalue weighted by molar-refractivity contribution is 5.95. The molecule has 1 atom stereocenters. The molecule has 108 valence electrons. The third-order valence-corrected chi connectivity index (χ3v) is 3.61. The van der Waals surface area contributed by atoms with Crippen molar-refractivity contribution in [3.8, 4) is 0 Å². The van der Waals surface area contributed by atoms with Gasteiger partial charge in [0, 0.05) is 12.2 Å². The number of carbonyl (C=O) groups is 2. The molecule has 1 fully saturated rings. The highest BCUT2D eigenvalue weighted by atomic mass is 16.4. The minimum Gasteiger partial charge on any atom is -0.479 e. The maximum Gasteiger partial charge on any atom is 0.330 e. The molecule has 3 rings (SSSR count). The molecule has 5 heteroatoms. The number of amides is 1. The normalized spacial score (nSPS) is 15.4. The second-order valence-corrected chi connectivity index (χ2v) is 5.19. The van der Waals surface area contributed by atoms with E-state index in [4.69, 9.17) is 0 Å². The van der Waals surface area contributed by atoms with E-state index < -0.39 is 12.0 Å². The molecule has 0 radical (unpaired) electrons. The monoisotopic (exact) mass is 284 g/mol. The van der Waals surface area contributed by atoms with Crippen molar-refractivity contribution in [2.24, 2.45) is 0 Å². The maximum atomic E-state index is 12.4. The van der Waals surface area contributed by atoms with Crippen molar-refractivity contribution in [3.63, 3.8) is 0 Å². The van der Waals surface area contributed by atoms with Crippen LogP contribution in [0.5, 0.6) is 0 Å². The van der Waals surface area contributed by atoms with E-state index in [0.29, 0.717) is 17.3 Å². The number of aliphatic carboxylic acids is 1. The fourth-order valence-corrected chi connectivity index (χ4v) is 2.40. The van der Waals surface area contributed by atoms with E-state index in [1.165, 1.54) is 0 Å². The van der Waals surface area contributed by atoms with Gasteiger partial charge in [0.1, 0.15) is 5.69 Å². The number of benzene rings is 1. The lowest BCUT2D eigenvalue weighted by Crippen LogP contribution is -2.34. The average Bonchev–Trinajstić information content (AvgIpc) is 3.22. The predicted octanol–water partition coefficient (Wildman–Crippen LogP) is 2.38. The van der Waals surface area contributed by atoms with Gasteiger partial charge in [-0.05, 0) is 30.5 Å². The molecule has 21 heavy (non-hydrogen) atoms. The Hall–Kier alpha value is -2.56. The van der Waals surface area contributed by atoms with Crippen LogP contribution in [0.4, 0.5) is 0 Å². The predicted molar refractivity (Wildman–Crippen MR) is 77.0 cm³/mol. The van der Waals surface area contributed by atoms with Crippen molar-refractivity contribution in [2.45, 2.75) is 24.9 Å². The summed E-state index contributed by atoms with van der Waals surface area (Å²) in [5.41, 5.74) is 1.07. The van der Waals surface area contributed by atoms with E-state index in [1.54, 1.807) is 30.3 Å². The molecule has 0 aliphatic heterocycles. The SMILES string of the molecule is O=C(N[C@@H](C(=O)O)c1ccccc1)c1cccn1C1CC1. The van der Waals surface area contributed by atoms with Crippen LogP contribution in [0, 0.1) is 0 Å². The first-order valence-electron chi connectivity index (χ1n) is 6.92. The zero-order chi connectivity index (χ0) is 14.8. The number of carboxylic acids is 1. The number of hydrogen-bond donors (Lipinski definition) is 2. The van der Waals surface area contributed by atoms with Crippen molar-refractivity contribution < 1.29 is 14.7 Å². The standard InChI is InChI=1S/C16H16N2O3/c19-15(13-7-4-10-18(13)12-8-9-12)17-14(16(20)21)11-5-2-1-3-6-11/h1-7,10,12,14H,8-9H2,(H,17,19)(H,20,21)/t14-/m1/s1. The van der Waals surface area contributed by atoms with Crippen molar-refractivity contribution in [1.29, 1.82) is 0 Å². The molecule has 1 aliphatic rings. The molecule has 1 saturated carbocycles. The molecule has 1 aromatic carbocycles. The summed E-state index contributed by atoms with van der Waals surface area (Å²) in [6, 6.07) is 11.6. The van der Waals surface area contributed by atoms with Crippen molar-refractivity contribution in [3.05, 3.63) is 59.9 Å². The lowest BCUT2D eigenvalue weighted by Gasteiger charge is -2.16. The first-order valence-corrected chi connectivity index (χ1v) is 6.92. The van der Waals surface area contributed by atoms with Crippen LogP contribution in [0.1, 0.15) is 41.0 Å². The minimum atomic E-state index is -1.07. The van der Waals surface area contributed by atoms with Gasteiger partial charge in [-0.3, -0.25) is 4.79 Å². The van der Waals surface area contributed by atoms with Crippen LogP contribution in [0.3, 0.4) is 0 Å². The van der Waals surface area contributed by atoms with Gasteiger partial charge < -0.3 is 15.0 Å². The highest BCUT2D eigenvalue weighted by Crippen LogP contribution is 2.36. The second-order valence-electron chi connectivity index (χ2n) is 5.19. The van der Waals surface area contributed by atoms with Crippen LogP contribution in [-0.2, 0) is 4.79 Å². The van der Waals surface area contributed by atoms with Gasteiger partial charge in [0.15, 0.2) is 6.04 Å². The van der Waals surface area contributed by atoms with Crippen molar-refractivity contribution in [2.75, 3.05) is 0 Å². The Labute approximate surface area is 122 Å². The molecule has 1 aromatic heterocycles. The fraction of sp³-hybridized carbons (Fsp3) is 0.250. The molecule has 0 bridgehead atoms. The minimum absolute atomic E-state index is 0.358. The fourth-order valence-electron chi connectivity index (χ4n) is 2.40. The summed E-state index contributed by atoms with van der Waals surface area (Å²) in [6.45, 7) is 0. The van der Waals surface area contributed by atoms with Crippen molar-refractivity contribution >= 4 is 11.9 Å². The summed E-state index contributed by atoms with van der Waals surface area (Å²) in [7, 11) is 0. The second kappa shape index (κ2) is 5.44. The smallest absolute Gasteiger partial charge is 0.330 e. The summed E-state index contributed by atoms with van der Waals surface area (Å²) in [6.07, 6.45) is 4.00. The lowest BCUT2D eigenvalue weighted by atomic mass is 10.1. The molecular formula is C16H16N2O3. The van der Waals surface area contributed by atoms with Crippen LogP contribution < -0.4 is 5.32 Å². The molecule has 2 aromatic rings. The Morgan fingerprint density at radius 1 is 1.14 bits per heavy atom. The summed E-state index contributed by atoms with van der Waals surface area (Å²) in [4.78, 5) is 23.8. The first kappa shape index (κ1) is 13.4. The summed E-state index contributed by atoms with van der Waals surface area (Å²) >= 11 is 0. The van der Waals surface area contributed by atoms with Gasteiger partial charge in [-0.15, -0.1) is 0 Å². The van der Waals surface area contributed by atoms with Gasteiger partial charge in [0.2, 0.25) is 0 Å². The Morgan fingerprint density at radius 2 is 1.86 bits per heavy atom. The molecule has 0 unspecified atom stereocenters. The summed E-state index contributed by atoms with van der Waals surface area (Å²) in [5, 5.41) is 11.9. The number of carbonyl (C=O) groups excluding carboxylic acids is 1. The van der Waals surface area contributed by atoms with Crippen LogP contribution in [0.25, 0.3) is 0 Å². The Bertz CT molecular complexity index is 659. The molecule has 0 saturated heterocycles. The zero-order valence-corrected chi connectivity index (χ0v) is 11.4. The lowest BCUT2D eigenvalue weighted by molar-refractivity contribution is -0.139. The van der Waals surface area contributed by atoms with Gasteiger partial charge in [0.25, 0.3) is 5.91 Å². The van der Waals surface area contributed by atoms with E-state index in [1.807, 2.05) is 22.9 Å². The Kier molecular flexibility index (Phi) is 3.48. The average molecular weight is 284 g/mol. The quantitative estimate of drug-likeness (QED) is 0.885. The summed E-state index contributed by atoms with van der Waals surface area (Å²) in [5.74, 6) is -1.43. The number of carboxylic acid groups (broad SMARTS) is 1. The van der Waals surface area contributed by atoms with Crippen molar-refractivity contribution in [1.82, 2.24) is 9.88 Å². The largest absolute Gasteiger partial charge is 0.479 e. The van der Waals surface area contributed by atoms with Gasteiger partial charge in [-0.2, -0.15) is 0 Å². The molecule has 1 heterocycles. The number of nitrogens with zero attached hydrogens (tertiary/aromatic N) is 1. The van der Waals surface area contributed by atoms with E-state index >= 15 is 0 Å². The first-order chi connectivity index (χ1) is 10.2. The van der Waals surface area contributed by atoms with E-state index in [9.17, 15) is 14.7 Å². The highest BCUT2D eigenvalue weighted by Gasteiger charge is 2.29. The Morgan fingerprint density at radius 3 is 2.48 bits per heavy atom. The van der Waals surface area contributed by atoms with Gasteiger partial charge >= 0.3 is 5.97 Å².